The predicted octanol–water partition coefficient (Wildman–Crippen LogP) is 10.4. The number of hydrogen-bond donors (Lipinski definition) is 0. The first kappa shape index (κ1) is 48.0. The third kappa shape index (κ3) is 15.0. The van der Waals surface area contributed by atoms with Crippen LogP contribution in [0.4, 0.5) is 24.5 Å². The Bertz CT molecular complexity index is 1680. The van der Waals surface area contributed by atoms with Crippen LogP contribution in [-0.4, -0.2) is 65.9 Å². The number of nitrogens with zero attached hydrogens (tertiary/aromatic N) is 3. The molecule has 17 heteroatoms. The van der Waals surface area contributed by atoms with E-state index in [0.29, 0.717) is 13.1 Å². The lowest BCUT2D eigenvalue weighted by atomic mass is 10.0. The molecule has 0 aliphatic heterocycles. The minimum Gasteiger partial charge on any atom is -0.487 e. The topological polar surface area (TPSA) is 111 Å². The van der Waals surface area contributed by atoms with Gasteiger partial charge in [-0.15, -0.1) is 24.8 Å². The second-order valence-electron chi connectivity index (χ2n) is 10.7. The number of carbonyl (C=O) groups is 2. The molecule has 0 aliphatic rings. The van der Waals surface area contributed by atoms with Gasteiger partial charge in [0.1, 0.15) is 24.1 Å². The van der Waals surface area contributed by atoms with Crippen LogP contribution in [0.3, 0.4) is 0 Å². The Kier molecular flexibility index (Phi) is 21.7. The van der Waals surface area contributed by atoms with Gasteiger partial charge in [0, 0.05) is 32.3 Å². The number of halogens is 7. The number of ether oxygens (including phenoxy) is 3. The van der Waals surface area contributed by atoms with Gasteiger partial charge in [0.25, 0.3) is 5.91 Å². The molecule has 0 saturated carbocycles. The number of aryl methyl sites for hydroxylation is 2. The maximum Gasteiger partial charge on any atom is 0.416 e. The molecular weight excluding hydrogens is 797 g/mol. The molecule has 0 saturated heterocycles. The average Bonchev–Trinajstić information content (AvgIpc) is 3.13. The SMILES string of the molecule is C=CCN(CC=C)C(=O)C(Cl)Cl.CCOc1cc(Oc2ccc(C(F)(F)F)cc2Cl)ccc1[N+](=O)[O-].CCc1cccc(CC)c1N(COC)C(=O)CCl. The van der Waals surface area contributed by atoms with Crippen LogP contribution in [0.25, 0.3) is 0 Å². The van der Waals surface area contributed by atoms with Crippen LogP contribution in [0, 0.1) is 10.1 Å². The first-order valence-corrected chi connectivity index (χ1v) is 18.0. The Hall–Kier alpha value is -4.01. The van der Waals surface area contributed by atoms with E-state index in [9.17, 15) is 32.9 Å². The van der Waals surface area contributed by atoms with E-state index in [4.69, 9.17) is 60.6 Å². The summed E-state index contributed by atoms with van der Waals surface area (Å²) in [7, 11) is 1.58. The van der Waals surface area contributed by atoms with Gasteiger partial charge in [-0.25, -0.2) is 0 Å². The Morgan fingerprint density at radius 2 is 1.56 bits per heavy atom. The molecule has 0 aliphatic carbocycles. The maximum atomic E-state index is 12.6. The van der Waals surface area contributed by atoms with Gasteiger partial charge in [-0.05, 0) is 55.2 Å². The van der Waals surface area contributed by atoms with Crippen LogP contribution in [0.2, 0.25) is 5.02 Å². The number of hydrogen-bond acceptors (Lipinski definition) is 7. The fraction of sp³-hybridized carbons (Fsp3) is 0.351. The number of carbonyl (C=O) groups excluding carboxylic acids is 2. The third-order valence-corrected chi connectivity index (χ3v) is 7.92. The summed E-state index contributed by atoms with van der Waals surface area (Å²) >= 11 is 22.3. The highest BCUT2D eigenvalue weighted by Crippen LogP contribution is 2.38. The van der Waals surface area contributed by atoms with E-state index in [2.05, 4.69) is 27.0 Å². The summed E-state index contributed by atoms with van der Waals surface area (Å²) in [5.74, 6) is -0.369. The summed E-state index contributed by atoms with van der Waals surface area (Å²) in [6, 6.07) is 12.5. The summed E-state index contributed by atoms with van der Waals surface area (Å²) in [6.07, 6.45) is 0.449. The van der Waals surface area contributed by atoms with Crippen LogP contribution in [0.5, 0.6) is 17.2 Å². The van der Waals surface area contributed by atoms with Gasteiger partial charge in [0.15, 0.2) is 4.84 Å². The quantitative estimate of drug-likeness (QED) is 0.0464. The summed E-state index contributed by atoms with van der Waals surface area (Å²) in [5, 5.41) is 10.7. The van der Waals surface area contributed by atoms with Crippen LogP contribution < -0.4 is 14.4 Å². The van der Waals surface area contributed by atoms with Crippen molar-refractivity contribution in [1.29, 1.82) is 0 Å². The smallest absolute Gasteiger partial charge is 0.416 e. The molecule has 0 aromatic heterocycles. The monoisotopic (exact) mass is 837 g/mol. The molecule has 0 unspecified atom stereocenters. The number of rotatable bonds is 16. The van der Waals surface area contributed by atoms with Gasteiger partial charge < -0.3 is 19.1 Å². The van der Waals surface area contributed by atoms with Crippen LogP contribution in [0.15, 0.2) is 79.9 Å². The Balaban J connectivity index is 0.000000431. The minimum atomic E-state index is -4.52. The zero-order valence-corrected chi connectivity index (χ0v) is 33.2. The number of methoxy groups -OCH3 is 1. The summed E-state index contributed by atoms with van der Waals surface area (Å²) in [5.41, 5.74) is 2.09. The van der Waals surface area contributed by atoms with Crippen molar-refractivity contribution in [3.05, 3.63) is 112 Å². The normalized spacial score (nSPS) is 10.6. The van der Waals surface area contributed by atoms with E-state index in [1.54, 1.807) is 31.1 Å². The lowest BCUT2D eigenvalue weighted by Gasteiger charge is -2.26. The molecule has 0 heterocycles. The van der Waals surface area contributed by atoms with E-state index in [1.165, 1.54) is 23.1 Å². The fourth-order valence-corrected chi connectivity index (χ4v) is 5.23. The molecule has 0 bridgehead atoms. The number of anilines is 1. The predicted molar refractivity (Wildman–Crippen MR) is 209 cm³/mol. The van der Waals surface area contributed by atoms with Gasteiger partial charge in [-0.2, -0.15) is 13.2 Å². The van der Waals surface area contributed by atoms with Gasteiger partial charge in [0.05, 0.1) is 27.8 Å². The van der Waals surface area contributed by atoms with Gasteiger partial charge in [-0.3, -0.25) is 24.6 Å². The molecule has 2 amide bonds. The van der Waals surface area contributed by atoms with Crippen molar-refractivity contribution in [2.45, 2.75) is 44.6 Å². The lowest BCUT2D eigenvalue weighted by Crippen LogP contribution is -2.35. The van der Waals surface area contributed by atoms with Crippen molar-refractivity contribution in [3.63, 3.8) is 0 Å². The minimum absolute atomic E-state index is 0.0111. The first-order chi connectivity index (χ1) is 25.5. The molecule has 3 rings (SSSR count). The fourth-order valence-electron chi connectivity index (χ4n) is 4.60. The third-order valence-electron chi connectivity index (χ3n) is 7.02. The standard InChI is InChI=1S/C15H11ClF3NO4.C14H20ClNO2.C8H11Cl2NO/c1-2-23-14-8-10(4-5-12(14)20(21)22)24-13-6-3-9(7-11(13)16)15(17,18)19;1-4-11-7-6-8-12(5-2)14(11)16(10-18-3)13(17)9-15;1-3-5-11(6-4-2)8(12)7(9)10/h3-8H,2H2,1H3;6-8H,4-5,9-10H2,1-3H3;3-4,7H,1-2,5-6H2. The second kappa shape index (κ2) is 24.4. The molecule has 10 nitrogen and oxygen atoms in total. The number of nitro benzene ring substituents is 1. The van der Waals surface area contributed by atoms with E-state index in [1.807, 2.05) is 18.2 Å². The largest absolute Gasteiger partial charge is 0.487 e. The van der Waals surface area contributed by atoms with Crippen molar-refractivity contribution in [2.24, 2.45) is 0 Å². The summed E-state index contributed by atoms with van der Waals surface area (Å²) in [6.45, 7) is 14.1. The Labute approximate surface area is 333 Å². The number of nitro groups is 1. The van der Waals surface area contributed by atoms with Crippen molar-refractivity contribution < 1.29 is 41.9 Å². The summed E-state index contributed by atoms with van der Waals surface area (Å²) in [4.78, 5) is 35.5. The number of alkyl halides is 6. The zero-order valence-electron chi connectivity index (χ0n) is 30.1. The van der Waals surface area contributed by atoms with Crippen molar-refractivity contribution in [1.82, 2.24) is 4.90 Å². The molecule has 0 fully saturated rings. The van der Waals surface area contributed by atoms with Crippen molar-refractivity contribution in [2.75, 3.05) is 44.3 Å². The lowest BCUT2D eigenvalue weighted by molar-refractivity contribution is -0.385. The van der Waals surface area contributed by atoms with Crippen molar-refractivity contribution >= 4 is 69.6 Å². The number of benzene rings is 3. The highest BCUT2D eigenvalue weighted by Gasteiger charge is 2.31. The van der Waals surface area contributed by atoms with Gasteiger partial charge in [-0.1, -0.05) is 79.0 Å². The Morgan fingerprint density at radius 3 is 1.98 bits per heavy atom. The van der Waals surface area contributed by atoms with Gasteiger partial charge >= 0.3 is 11.9 Å². The van der Waals surface area contributed by atoms with Crippen LogP contribution in [0.1, 0.15) is 37.5 Å². The average molecular weight is 840 g/mol. The van der Waals surface area contributed by atoms with Crippen molar-refractivity contribution in [3.8, 4) is 17.2 Å². The molecule has 0 atom stereocenters. The molecular formula is C37H42Cl4F3N3O7. The van der Waals surface area contributed by atoms with Crippen LogP contribution >= 0.6 is 46.4 Å². The molecule has 3 aromatic carbocycles. The molecule has 0 spiro atoms. The van der Waals surface area contributed by atoms with E-state index in [0.717, 1.165) is 47.9 Å². The van der Waals surface area contributed by atoms with E-state index >= 15 is 0 Å². The molecule has 3 aromatic rings. The maximum absolute atomic E-state index is 12.6. The van der Waals surface area contributed by atoms with Gasteiger partial charge in [0.2, 0.25) is 11.7 Å². The molecule has 296 valence electrons. The van der Waals surface area contributed by atoms with Crippen LogP contribution in [-0.2, 0) is 33.3 Å². The van der Waals surface area contributed by atoms with E-state index in [-0.39, 0.29) is 59.0 Å². The second-order valence-corrected chi connectivity index (χ2v) is 12.5. The van der Waals surface area contributed by atoms with E-state index < -0.39 is 21.5 Å². The zero-order chi connectivity index (χ0) is 41.0. The molecule has 54 heavy (non-hydrogen) atoms. The highest BCUT2D eigenvalue weighted by molar-refractivity contribution is 6.53. The number of para-hydroxylation sites is 1. The molecule has 0 radical (unpaired) electrons. The molecule has 0 N–H and O–H groups in total. The summed E-state index contributed by atoms with van der Waals surface area (Å²) < 4.78 is 53.5. The highest BCUT2D eigenvalue weighted by atomic mass is 35.5. The number of amides is 2. The first-order valence-electron chi connectivity index (χ1n) is 16.2. The Morgan fingerprint density at radius 1 is 0.963 bits per heavy atom.